The molecule has 26 heavy (non-hydrogen) atoms. The summed E-state index contributed by atoms with van der Waals surface area (Å²) in [5.41, 5.74) is 10.1. The summed E-state index contributed by atoms with van der Waals surface area (Å²) < 4.78 is 0. The summed E-state index contributed by atoms with van der Waals surface area (Å²) in [7, 11) is 0. The molecule has 0 aliphatic heterocycles. The fourth-order valence-electron chi connectivity index (χ4n) is 3.04. The SMILES string of the molecule is C/C(=C\c1cccc(/C=C(\C)c2ccc(C)cc2)c1)c1ccc(C)cc1. The molecule has 0 N–H and O–H groups in total. The molecule has 3 aromatic carbocycles. The first-order valence-electron chi connectivity index (χ1n) is 9.12. The number of rotatable bonds is 4. The van der Waals surface area contributed by atoms with Crippen molar-refractivity contribution in [2.45, 2.75) is 27.7 Å². The van der Waals surface area contributed by atoms with Crippen LogP contribution in [0.2, 0.25) is 0 Å². The van der Waals surface area contributed by atoms with E-state index in [4.69, 9.17) is 0 Å². The van der Waals surface area contributed by atoms with Gasteiger partial charge in [0.25, 0.3) is 0 Å². The predicted molar refractivity (Wildman–Crippen MR) is 116 cm³/mol. The Morgan fingerprint density at radius 2 is 0.962 bits per heavy atom. The molecule has 0 aliphatic rings. The van der Waals surface area contributed by atoms with Crippen LogP contribution in [0.5, 0.6) is 0 Å². The minimum absolute atomic E-state index is 1.23. The molecule has 3 rings (SSSR count). The summed E-state index contributed by atoms with van der Waals surface area (Å²) in [6.45, 7) is 8.58. The largest absolute Gasteiger partial charge is 0.0611 e. The van der Waals surface area contributed by atoms with Crippen LogP contribution in [0.15, 0.2) is 72.8 Å². The van der Waals surface area contributed by atoms with Gasteiger partial charge in [0.2, 0.25) is 0 Å². The van der Waals surface area contributed by atoms with Crippen molar-refractivity contribution in [3.05, 3.63) is 106 Å². The van der Waals surface area contributed by atoms with Gasteiger partial charge in [-0.05, 0) is 67.2 Å². The standard InChI is InChI=1S/C26H26/c1-19-8-12-25(13-9-19)21(3)16-23-6-5-7-24(18-23)17-22(4)26-14-10-20(2)11-15-26/h5-18H,1-4H3/b21-16+,22-17+. The van der Waals surface area contributed by atoms with Crippen LogP contribution in [0.4, 0.5) is 0 Å². The van der Waals surface area contributed by atoms with Gasteiger partial charge in [0.1, 0.15) is 0 Å². The lowest BCUT2D eigenvalue weighted by molar-refractivity contribution is 1.45. The first-order valence-corrected chi connectivity index (χ1v) is 9.12. The molecular formula is C26H26. The van der Waals surface area contributed by atoms with E-state index in [9.17, 15) is 0 Å². The van der Waals surface area contributed by atoms with Crippen molar-refractivity contribution < 1.29 is 0 Å². The Morgan fingerprint density at radius 3 is 1.35 bits per heavy atom. The molecule has 0 saturated carbocycles. The zero-order valence-corrected chi connectivity index (χ0v) is 16.1. The van der Waals surface area contributed by atoms with Gasteiger partial charge in [-0.3, -0.25) is 0 Å². The van der Waals surface area contributed by atoms with E-state index in [1.807, 2.05) is 0 Å². The quantitative estimate of drug-likeness (QED) is 0.434. The van der Waals surface area contributed by atoms with Crippen LogP contribution in [0.1, 0.15) is 47.2 Å². The molecule has 0 nitrogen and oxygen atoms in total. The van der Waals surface area contributed by atoms with Gasteiger partial charge in [0.15, 0.2) is 0 Å². The summed E-state index contributed by atoms with van der Waals surface area (Å²) in [5, 5.41) is 0. The van der Waals surface area contributed by atoms with Gasteiger partial charge < -0.3 is 0 Å². The lowest BCUT2D eigenvalue weighted by Crippen LogP contribution is -1.83. The lowest BCUT2D eigenvalue weighted by Gasteiger charge is -2.05. The molecule has 0 heteroatoms. The van der Waals surface area contributed by atoms with Crippen molar-refractivity contribution in [1.29, 1.82) is 0 Å². The lowest BCUT2D eigenvalue weighted by atomic mass is 10.00. The molecular weight excluding hydrogens is 312 g/mol. The van der Waals surface area contributed by atoms with Gasteiger partial charge in [-0.15, -0.1) is 0 Å². The van der Waals surface area contributed by atoms with E-state index in [0.29, 0.717) is 0 Å². The predicted octanol–water partition coefficient (Wildman–Crippen LogP) is 7.42. The van der Waals surface area contributed by atoms with E-state index in [1.165, 1.54) is 44.5 Å². The van der Waals surface area contributed by atoms with Crippen molar-refractivity contribution in [2.24, 2.45) is 0 Å². The molecule has 0 aromatic heterocycles. The van der Waals surface area contributed by atoms with E-state index in [-0.39, 0.29) is 0 Å². The second-order valence-electron chi connectivity index (χ2n) is 7.06. The maximum absolute atomic E-state index is 2.25. The maximum Gasteiger partial charge on any atom is -0.0227 e. The third-order valence-corrected chi connectivity index (χ3v) is 4.69. The van der Waals surface area contributed by atoms with Gasteiger partial charge in [-0.1, -0.05) is 90.0 Å². The van der Waals surface area contributed by atoms with E-state index in [2.05, 4.69) is 113 Å². The van der Waals surface area contributed by atoms with Crippen LogP contribution in [-0.4, -0.2) is 0 Å². The van der Waals surface area contributed by atoms with Crippen molar-refractivity contribution in [2.75, 3.05) is 0 Å². The third kappa shape index (κ3) is 4.61. The van der Waals surface area contributed by atoms with E-state index in [0.717, 1.165) is 0 Å². The van der Waals surface area contributed by atoms with E-state index >= 15 is 0 Å². The number of aryl methyl sites for hydroxylation is 2. The molecule has 3 aromatic rings. The number of benzene rings is 3. The molecule has 0 heterocycles. The van der Waals surface area contributed by atoms with Gasteiger partial charge >= 0.3 is 0 Å². The molecule has 0 spiro atoms. The van der Waals surface area contributed by atoms with E-state index < -0.39 is 0 Å². The van der Waals surface area contributed by atoms with Crippen LogP contribution >= 0.6 is 0 Å². The highest BCUT2D eigenvalue weighted by Crippen LogP contribution is 2.22. The molecule has 0 saturated heterocycles. The van der Waals surface area contributed by atoms with Gasteiger partial charge in [0.05, 0.1) is 0 Å². The Morgan fingerprint density at radius 1 is 0.577 bits per heavy atom. The second kappa shape index (κ2) is 8.01. The topological polar surface area (TPSA) is 0 Å². The molecule has 0 radical (unpaired) electrons. The normalized spacial score (nSPS) is 12.3. The van der Waals surface area contributed by atoms with E-state index in [1.54, 1.807) is 0 Å². The number of hydrogen-bond donors (Lipinski definition) is 0. The summed E-state index contributed by atoms with van der Waals surface area (Å²) in [4.78, 5) is 0. The van der Waals surface area contributed by atoms with Crippen LogP contribution in [0.25, 0.3) is 23.3 Å². The van der Waals surface area contributed by atoms with Crippen molar-refractivity contribution >= 4 is 23.3 Å². The highest BCUT2D eigenvalue weighted by Gasteiger charge is 1.99. The Hall–Kier alpha value is -2.86. The van der Waals surface area contributed by atoms with Gasteiger partial charge in [-0.2, -0.15) is 0 Å². The fourth-order valence-corrected chi connectivity index (χ4v) is 3.04. The number of allylic oxidation sites excluding steroid dienone is 2. The molecule has 130 valence electrons. The summed E-state index contributed by atoms with van der Waals surface area (Å²) >= 11 is 0. The molecule has 0 aliphatic carbocycles. The molecule has 0 atom stereocenters. The van der Waals surface area contributed by atoms with Crippen molar-refractivity contribution in [3.8, 4) is 0 Å². The minimum atomic E-state index is 1.23. The van der Waals surface area contributed by atoms with Crippen LogP contribution < -0.4 is 0 Å². The monoisotopic (exact) mass is 338 g/mol. The highest BCUT2D eigenvalue weighted by molar-refractivity contribution is 5.83. The Bertz CT molecular complexity index is 859. The van der Waals surface area contributed by atoms with Gasteiger partial charge in [-0.25, -0.2) is 0 Å². The third-order valence-electron chi connectivity index (χ3n) is 4.69. The molecule has 0 bridgehead atoms. The summed E-state index contributed by atoms with van der Waals surface area (Å²) in [6, 6.07) is 26.1. The molecule has 0 amide bonds. The average molecular weight is 338 g/mol. The smallest absolute Gasteiger partial charge is 0.0227 e. The zero-order chi connectivity index (χ0) is 18.5. The maximum atomic E-state index is 2.25. The molecule has 0 fully saturated rings. The number of hydrogen-bond acceptors (Lipinski definition) is 0. The first kappa shape index (κ1) is 17.9. The highest BCUT2D eigenvalue weighted by atomic mass is 14.0. The van der Waals surface area contributed by atoms with Crippen LogP contribution in [0, 0.1) is 13.8 Å². The Labute approximate surface area is 157 Å². The summed E-state index contributed by atoms with van der Waals surface area (Å²) in [6.07, 6.45) is 4.51. The molecule has 0 unspecified atom stereocenters. The summed E-state index contributed by atoms with van der Waals surface area (Å²) in [5.74, 6) is 0. The van der Waals surface area contributed by atoms with Crippen molar-refractivity contribution in [3.63, 3.8) is 0 Å². The minimum Gasteiger partial charge on any atom is -0.0611 e. The van der Waals surface area contributed by atoms with Gasteiger partial charge in [0, 0.05) is 0 Å². The second-order valence-corrected chi connectivity index (χ2v) is 7.06. The fraction of sp³-hybridized carbons (Fsp3) is 0.154. The van der Waals surface area contributed by atoms with Crippen molar-refractivity contribution in [1.82, 2.24) is 0 Å². The van der Waals surface area contributed by atoms with Crippen LogP contribution in [-0.2, 0) is 0 Å². The Kier molecular flexibility index (Phi) is 5.53. The Balaban J connectivity index is 1.86. The van der Waals surface area contributed by atoms with Crippen LogP contribution in [0.3, 0.4) is 0 Å². The zero-order valence-electron chi connectivity index (χ0n) is 16.1. The average Bonchev–Trinajstić information content (AvgIpc) is 2.63. The first-order chi connectivity index (χ1) is 12.5.